The smallest absolute Gasteiger partial charge is 0.406 e. The molecule has 0 amide bonds. The lowest BCUT2D eigenvalue weighted by Crippen LogP contribution is -2.29. The number of hydrogen-bond acceptors (Lipinski definition) is 4. The normalized spacial score (nSPS) is 21.9. The molecule has 1 N–H and O–H groups in total. The Morgan fingerprint density at radius 1 is 1.25 bits per heavy atom. The molecule has 4 nitrogen and oxygen atoms in total. The Hall–Kier alpha value is -1.28. The van der Waals surface area contributed by atoms with E-state index in [1.807, 2.05) is 0 Å². The van der Waals surface area contributed by atoms with Crippen molar-refractivity contribution in [3.8, 4) is 5.75 Å². The van der Waals surface area contributed by atoms with Gasteiger partial charge in [0.25, 0.3) is 0 Å². The van der Waals surface area contributed by atoms with Gasteiger partial charge in [-0.2, -0.15) is 0 Å². The zero-order chi connectivity index (χ0) is 14.8. The third kappa shape index (κ3) is 4.68. The quantitative estimate of drug-likeness (QED) is 0.922. The molecule has 0 aromatic heterocycles. The molecule has 1 aromatic rings. The summed E-state index contributed by atoms with van der Waals surface area (Å²) in [5, 5.41) is 3.08. The largest absolute Gasteiger partial charge is 0.573 e. The molecule has 1 fully saturated rings. The highest BCUT2D eigenvalue weighted by Crippen LogP contribution is 2.22. The van der Waals surface area contributed by atoms with E-state index in [1.165, 1.54) is 24.3 Å². The Kier molecular flexibility index (Phi) is 4.24. The van der Waals surface area contributed by atoms with Crippen molar-refractivity contribution in [3.63, 3.8) is 0 Å². The van der Waals surface area contributed by atoms with Crippen molar-refractivity contribution in [2.75, 3.05) is 11.5 Å². The number of sulfone groups is 1. The average molecular weight is 309 g/mol. The van der Waals surface area contributed by atoms with Crippen molar-refractivity contribution in [2.24, 2.45) is 0 Å². The lowest BCUT2D eigenvalue weighted by Gasteiger charge is -2.12. The van der Waals surface area contributed by atoms with E-state index >= 15 is 0 Å². The Bertz CT molecular complexity index is 554. The molecule has 1 atom stereocenters. The van der Waals surface area contributed by atoms with Crippen LogP contribution in [-0.2, 0) is 16.4 Å². The van der Waals surface area contributed by atoms with Crippen LogP contribution in [0.3, 0.4) is 0 Å². The molecule has 1 aliphatic heterocycles. The zero-order valence-electron chi connectivity index (χ0n) is 10.5. The van der Waals surface area contributed by atoms with Crippen molar-refractivity contribution >= 4 is 9.84 Å². The summed E-state index contributed by atoms with van der Waals surface area (Å²) in [5.74, 6) is 0.0235. The number of benzene rings is 1. The molecule has 1 heterocycles. The Morgan fingerprint density at radius 2 is 1.90 bits per heavy atom. The van der Waals surface area contributed by atoms with Crippen molar-refractivity contribution in [3.05, 3.63) is 29.8 Å². The molecule has 0 spiro atoms. The predicted octanol–water partition coefficient (Wildman–Crippen LogP) is 1.86. The van der Waals surface area contributed by atoms with Gasteiger partial charge in [-0.3, -0.25) is 0 Å². The van der Waals surface area contributed by atoms with E-state index < -0.39 is 16.2 Å². The first-order chi connectivity index (χ1) is 9.23. The fraction of sp³-hybridized carbons (Fsp3) is 0.500. The fourth-order valence-corrected chi connectivity index (χ4v) is 3.74. The summed E-state index contributed by atoms with van der Waals surface area (Å²) in [5.41, 5.74) is 0.767. The van der Waals surface area contributed by atoms with Crippen LogP contribution in [0.1, 0.15) is 12.0 Å². The van der Waals surface area contributed by atoms with Gasteiger partial charge in [-0.25, -0.2) is 8.42 Å². The molecule has 0 saturated carbocycles. The summed E-state index contributed by atoms with van der Waals surface area (Å²) >= 11 is 0. The predicted molar refractivity (Wildman–Crippen MR) is 67.0 cm³/mol. The Labute approximate surface area is 114 Å². The summed E-state index contributed by atoms with van der Waals surface area (Å²) in [4.78, 5) is 0. The van der Waals surface area contributed by atoms with Crippen LogP contribution < -0.4 is 10.1 Å². The van der Waals surface area contributed by atoms with Crippen molar-refractivity contribution in [1.29, 1.82) is 0 Å². The molecule has 1 aromatic carbocycles. The summed E-state index contributed by atoms with van der Waals surface area (Å²) in [6.45, 7) is 0.409. The second kappa shape index (κ2) is 5.61. The fourth-order valence-electron chi connectivity index (χ4n) is 2.03. The van der Waals surface area contributed by atoms with Crippen LogP contribution >= 0.6 is 0 Å². The lowest BCUT2D eigenvalue weighted by molar-refractivity contribution is -0.274. The molecule has 8 heteroatoms. The number of nitrogens with one attached hydrogen (secondary N) is 1. The van der Waals surface area contributed by atoms with Gasteiger partial charge in [0, 0.05) is 12.6 Å². The van der Waals surface area contributed by atoms with Gasteiger partial charge in [0.05, 0.1) is 11.5 Å². The summed E-state index contributed by atoms with van der Waals surface area (Å²) < 4.78 is 62.2. The van der Waals surface area contributed by atoms with Gasteiger partial charge in [-0.05, 0) is 24.1 Å². The number of hydrogen-bond donors (Lipinski definition) is 1. The monoisotopic (exact) mass is 309 g/mol. The second-order valence-electron chi connectivity index (χ2n) is 4.67. The van der Waals surface area contributed by atoms with E-state index in [0.29, 0.717) is 13.0 Å². The molecular formula is C12H14F3NO3S. The van der Waals surface area contributed by atoms with Crippen LogP contribution in [0.2, 0.25) is 0 Å². The number of alkyl halides is 3. The third-order valence-electron chi connectivity index (χ3n) is 2.98. The number of rotatable bonds is 4. The van der Waals surface area contributed by atoms with Crippen molar-refractivity contribution < 1.29 is 26.3 Å². The highest BCUT2D eigenvalue weighted by atomic mass is 32.2. The van der Waals surface area contributed by atoms with Crippen molar-refractivity contribution in [1.82, 2.24) is 5.32 Å². The molecule has 1 saturated heterocycles. The summed E-state index contributed by atoms with van der Waals surface area (Å²) in [7, 11) is -2.93. The van der Waals surface area contributed by atoms with Crippen molar-refractivity contribution in [2.45, 2.75) is 25.4 Å². The van der Waals surface area contributed by atoms with E-state index in [2.05, 4.69) is 10.1 Å². The lowest BCUT2D eigenvalue weighted by atomic mass is 10.2. The SMILES string of the molecule is O=S1(=O)CCC(NCc2ccc(OC(F)(F)F)cc2)C1. The topological polar surface area (TPSA) is 55.4 Å². The first kappa shape index (κ1) is 15.1. The standard InChI is InChI=1S/C12H14F3NO3S/c13-12(14,15)19-11-3-1-9(2-4-11)7-16-10-5-6-20(17,18)8-10/h1-4,10,16H,5-8H2. The van der Waals surface area contributed by atoms with Crippen LogP contribution in [-0.4, -0.2) is 32.3 Å². The van der Waals surface area contributed by atoms with Gasteiger partial charge in [0.1, 0.15) is 5.75 Å². The summed E-state index contributed by atoms with van der Waals surface area (Å²) in [6.07, 6.45) is -4.13. The van der Waals surface area contributed by atoms with Crippen LogP contribution in [0, 0.1) is 0 Å². The third-order valence-corrected chi connectivity index (χ3v) is 4.75. The van der Waals surface area contributed by atoms with E-state index in [4.69, 9.17) is 0 Å². The van der Waals surface area contributed by atoms with Crippen LogP contribution in [0.25, 0.3) is 0 Å². The van der Waals surface area contributed by atoms with Gasteiger partial charge < -0.3 is 10.1 Å². The molecule has 1 aliphatic rings. The maximum Gasteiger partial charge on any atom is 0.573 e. The number of halogens is 3. The summed E-state index contributed by atoms with van der Waals surface area (Å²) in [6, 6.07) is 5.40. The van der Waals surface area contributed by atoms with Gasteiger partial charge in [0.15, 0.2) is 9.84 Å². The molecule has 0 radical (unpaired) electrons. The van der Waals surface area contributed by atoms with Crippen LogP contribution in [0.4, 0.5) is 13.2 Å². The maximum absolute atomic E-state index is 12.0. The first-order valence-electron chi connectivity index (χ1n) is 6.02. The molecule has 0 bridgehead atoms. The minimum Gasteiger partial charge on any atom is -0.406 e. The van der Waals surface area contributed by atoms with Gasteiger partial charge in [-0.1, -0.05) is 12.1 Å². The number of ether oxygens (including phenoxy) is 1. The van der Waals surface area contributed by atoms with Gasteiger partial charge in [0.2, 0.25) is 0 Å². The van der Waals surface area contributed by atoms with Crippen LogP contribution in [0.15, 0.2) is 24.3 Å². The second-order valence-corrected chi connectivity index (χ2v) is 6.90. The highest BCUT2D eigenvalue weighted by molar-refractivity contribution is 7.91. The highest BCUT2D eigenvalue weighted by Gasteiger charge is 2.31. The van der Waals surface area contributed by atoms with Gasteiger partial charge >= 0.3 is 6.36 Å². The minimum absolute atomic E-state index is 0.0916. The molecule has 0 aliphatic carbocycles. The zero-order valence-corrected chi connectivity index (χ0v) is 11.3. The van der Waals surface area contributed by atoms with E-state index in [0.717, 1.165) is 5.56 Å². The maximum atomic E-state index is 12.0. The Balaban J connectivity index is 1.85. The molecule has 112 valence electrons. The van der Waals surface area contributed by atoms with E-state index in [1.54, 1.807) is 0 Å². The van der Waals surface area contributed by atoms with E-state index in [9.17, 15) is 21.6 Å². The molecule has 20 heavy (non-hydrogen) atoms. The van der Waals surface area contributed by atoms with Gasteiger partial charge in [-0.15, -0.1) is 13.2 Å². The Morgan fingerprint density at radius 3 is 2.40 bits per heavy atom. The molecular weight excluding hydrogens is 295 g/mol. The van der Waals surface area contributed by atoms with Crippen LogP contribution in [0.5, 0.6) is 5.75 Å². The minimum atomic E-state index is -4.70. The molecule has 1 unspecified atom stereocenters. The van der Waals surface area contributed by atoms with E-state index in [-0.39, 0.29) is 23.3 Å². The average Bonchev–Trinajstić information content (AvgIpc) is 2.66. The first-order valence-corrected chi connectivity index (χ1v) is 7.84. The molecule has 2 rings (SSSR count).